The second-order valence-corrected chi connectivity index (χ2v) is 11.2. The van der Waals surface area contributed by atoms with E-state index in [2.05, 4.69) is 4.98 Å². The SMILES string of the molecule is Cc1ccc(S(=O)(=O)N2CCCC(c3ncc(Cl)cc3S(C)(=O)=O)C2)cc1. The van der Waals surface area contributed by atoms with E-state index in [0.29, 0.717) is 25.1 Å². The first-order valence-corrected chi connectivity index (χ1v) is 12.2. The number of piperidine rings is 1. The molecule has 1 aliphatic heterocycles. The Bertz CT molecular complexity index is 1050. The van der Waals surface area contributed by atoms with Gasteiger partial charge >= 0.3 is 0 Å². The average molecular weight is 429 g/mol. The molecule has 1 aromatic heterocycles. The number of hydrogen-bond acceptors (Lipinski definition) is 5. The van der Waals surface area contributed by atoms with Crippen LogP contribution in [0.5, 0.6) is 0 Å². The summed E-state index contributed by atoms with van der Waals surface area (Å²) >= 11 is 5.92. The fourth-order valence-electron chi connectivity index (χ4n) is 3.28. The van der Waals surface area contributed by atoms with Crippen molar-refractivity contribution in [2.24, 2.45) is 0 Å². The summed E-state index contributed by atoms with van der Waals surface area (Å²) in [5.74, 6) is -0.305. The van der Waals surface area contributed by atoms with Crippen molar-refractivity contribution in [2.45, 2.75) is 35.5 Å². The Balaban J connectivity index is 1.95. The van der Waals surface area contributed by atoms with Gasteiger partial charge in [0.1, 0.15) is 0 Å². The van der Waals surface area contributed by atoms with Crippen LogP contribution in [-0.2, 0) is 19.9 Å². The van der Waals surface area contributed by atoms with Crippen LogP contribution >= 0.6 is 11.6 Å². The van der Waals surface area contributed by atoms with E-state index in [1.54, 1.807) is 24.3 Å². The molecule has 6 nitrogen and oxygen atoms in total. The van der Waals surface area contributed by atoms with E-state index >= 15 is 0 Å². The van der Waals surface area contributed by atoms with E-state index in [9.17, 15) is 16.8 Å². The van der Waals surface area contributed by atoms with E-state index in [1.165, 1.54) is 16.6 Å². The lowest BCUT2D eigenvalue weighted by atomic mass is 9.95. The van der Waals surface area contributed by atoms with Gasteiger partial charge in [0.05, 0.1) is 20.5 Å². The maximum Gasteiger partial charge on any atom is 0.243 e. The summed E-state index contributed by atoms with van der Waals surface area (Å²) in [5, 5.41) is 0.235. The highest BCUT2D eigenvalue weighted by Gasteiger charge is 2.33. The predicted octanol–water partition coefficient (Wildman–Crippen LogP) is 3.02. The van der Waals surface area contributed by atoms with Gasteiger partial charge in [-0.3, -0.25) is 4.98 Å². The van der Waals surface area contributed by atoms with Crippen molar-refractivity contribution >= 4 is 31.5 Å². The predicted molar refractivity (Wildman–Crippen MR) is 104 cm³/mol. The molecule has 1 saturated heterocycles. The molecule has 146 valence electrons. The van der Waals surface area contributed by atoms with Crippen molar-refractivity contribution in [2.75, 3.05) is 19.3 Å². The summed E-state index contributed by atoms with van der Waals surface area (Å²) in [6, 6.07) is 8.09. The summed E-state index contributed by atoms with van der Waals surface area (Å²) < 4.78 is 51.7. The highest BCUT2D eigenvalue weighted by atomic mass is 35.5. The van der Waals surface area contributed by atoms with Crippen molar-refractivity contribution in [3.63, 3.8) is 0 Å². The quantitative estimate of drug-likeness (QED) is 0.747. The first-order valence-electron chi connectivity index (χ1n) is 8.51. The van der Waals surface area contributed by atoms with Crippen LogP contribution < -0.4 is 0 Å². The summed E-state index contributed by atoms with van der Waals surface area (Å²) in [5.41, 5.74) is 1.36. The lowest BCUT2D eigenvalue weighted by Gasteiger charge is -2.32. The molecular weight excluding hydrogens is 408 g/mol. The number of benzene rings is 1. The van der Waals surface area contributed by atoms with Gasteiger partial charge in [0, 0.05) is 31.5 Å². The van der Waals surface area contributed by atoms with Crippen LogP contribution in [0.2, 0.25) is 5.02 Å². The van der Waals surface area contributed by atoms with Gasteiger partial charge in [0.25, 0.3) is 0 Å². The fraction of sp³-hybridized carbons (Fsp3) is 0.389. The second-order valence-electron chi connectivity index (χ2n) is 6.82. The number of aryl methyl sites for hydroxylation is 1. The smallest absolute Gasteiger partial charge is 0.243 e. The number of nitrogens with zero attached hydrogens (tertiary/aromatic N) is 2. The van der Waals surface area contributed by atoms with Crippen molar-refractivity contribution in [1.29, 1.82) is 0 Å². The molecule has 0 amide bonds. The van der Waals surface area contributed by atoms with Gasteiger partial charge in [-0.15, -0.1) is 0 Å². The van der Waals surface area contributed by atoms with Crippen LogP contribution in [0.1, 0.15) is 30.0 Å². The van der Waals surface area contributed by atoms with Crippen molar-refractivity contribution in [1.82, 2.24) is 9.29 Å². The Labute approximate surface area is 165 Å². The summed E-state index contributed by atoms with van der Waals surface area (Å²) in [4.78, 5) is 4.54. The molecule has 0 bridgehead atoms. The zero-order valence-corrected chi connectivity index (χ0v) is 17.5. The highest BCUT2D eigenvalue weighted by molar-refractivity contribution is 7.90. The lowest BCUT2D eigenvalue weighted by Crippen LogP contribution is -2.39. The molecule has 1 aliphatic rings. The number of aromatic nitrogens is 1. The van der Waals surface area contributed by atoms with Gasteiger partial charge in [-0.2, -0.15) is 4.31 Å². The van der Waals surface area contributed by atoms with E-state index in [-0.39, 0.29) is 27.3 Å². The number of pyridine rings is 1. The van der Waals surface area contributed by atoms with Crippen LogP contribution in [0.3, 0.4) is 0 Å². The Morgan fingerprint density at radius 2 is 1.81 bits per heavy atom. The molecular formula is C18H21ClN2O4S2. The Morgan fingerprint density at radius 1 is 1.15 bits per heavy atom. The molecule has 9 heteroatoms. The van der Waals surface area contributed by atoms with Crippen LogP contribution in [0.25, 0.3) is 0 Å². The van der Waals surface area contributed by atoms with E-state index in [4.69, 9.17) is 11.6 Å². The van der Waals surface area contributed by atoms with Crippen molar-refractivity contribution in [3.8, 4) is 0 Å². The standard InChI is InChI=1S/C18H21ClN2O4S2/c1-13-5-7-16(8-6-13)27(24,25)21-9-3-4-14(12-21)18-17(26(2,22)23)10-15(19)11-20-18/h5-8,10-11,14H,3-4,9,12H2,1-2H3. The summed E-state index contributed by atoms with van der Waals surface area (Å²) in [6.07, 6.45) is 3.80. The van der Waals surface area contributed by atoms with E-state index in [0.717, 1.165) is 11.8 Å². The number of sulfone groups is 1. The minimum Gasteiger partial charge on any atom is -0.258 e. The zero-order valence-electron chi connectivity index (χ0n) is 15.1. The molecule has 0 spiro atoms. The number of rotatable bonds is 4. The maximum atomic E-state index is 13.0. The molecule has 3 rings (SSSR count). The van der Waals surface area contributed by atoms with Crippen molar-refractivity contribution < 1.29 is 16.8 Å². The Morgan fingerprint density at radius 3 is 2.44 bits per heavy atom. The molecule has 2 heterocycles. The molecule has 1 fully saturated rings. The third-order valence-corrected chi connectivity index (χ3v) is 7.89. The molecule has 0 aliphatic carbocycles. The second kappa shape index (κ2) is 7.50. The Hall–Kier alpha value is -1.48. The topological polar surface area (TPSA) is 84.4 Å². The first kappa shape index (κ1) is 20.3. The van der Waals surface area contributed by atoms with Gasteiger partial charge in [0.2, 0.25) is 10.0 Å². The van der Waals surface area contributed by atoms with Gasteiger partial charge < -0.3 is 0 Å². The minimum atomic E-state index is -3.65. The largest absolute Gasteiger partial charge is 0.258 e. The van der Waals surface area contributed by atoms with E-state index in [1.807, 2.05) is 6.92 Å². The molecule has 1 aromatic carbocycles. The average Bonchev–Trinajstić information content (AvgIpc) is 2.61. The first-order chi connectivity index (χ1) is 12.6. The zero-order chi connectivity index (χ0) is 19.8. The molecule has 0 radical (unpaired) electrons. The number of hydrogen-bond donors (Lipinski definition) is 0. The molecule has 0 saturated carbocycles. The van der Waals surface area contributed by atoms with Crippen LogP contribution in [-0.4, -0.2) is 45.5 Å². The third-order valence-electron chi connectivity index (χ3n) is 4.68. The van der Waals surface area contributed by atoms with Gasteiger partial charge in [0.15, 0.2) is 9.84 Å². The highest BCUT2D eigenvalue weighted by Crippen LogP contribution is 2.33. The van der Waals surface area contributed by atoms with Gasteiger partial charge in [-0.25, -0.2) is 16.8 Å². The summed E-state index contributed by atoms with van der Waals surface area (Å²) in [7, 11) is -7.18. The fourth-order valence-corrected chi connectivity index (χ4v) is 5.96. The normalized spacial score (nSPS) is 19.1. The van der Waals surface area contributed by atoms with Gasteiger partial charge in [-0.05, 0) is 38.0 Å². The minimum absolute atomic E-state index is 0.0644. The number of sulfonamides is 1. The third kappa shape index (κ3) is 4.34. The lowest BCUT2D eigenvalue weighted by molar-refractivity contribution is 0.310. The summed E-state index contributed by atoms with van der Waals surface area (Å²) in [6.45, 7) is 2.48. The van der Waals surface area contributed by atoms with E-state index < -0.39 is 19.9 Å². The maximum absolute atomic E-state index is 13.0. The Kier molecular flexibility index (Phi) is 5.63. The van der Waals surface area contributed by atoms with Crippen molar-refractivity contribution in [3.05, 3.63) is 52.8 Å². The molecule has 1 unspecified atom stereocenters. The van der Waals surface area contributed by atoms with Crippen LogP contribution in [0, 0.1) is 6.92 Å². The van der Waals surface area contributed by atoms with Crippen LogP contribution in [0.15, 0.2) is 46.3 Å². The van der Waals surface area contributed by atoms with Crippen LogP contribution in [0.4, 0.5) is 0 Å². The molecule has 2 aromatic rings. The molecule has 1 atom stereocenters. The number of halogens is 1. The molecule has 0 N–H and O–H groups in total. The molecule has 27 heavy (non-hydrogen) atoms. The van der Waals surface area contributed by atoms with Gasteiger partial charge in [-0.1, -0.05) is 29.3 Å². The monoisotopic (exact) mass is 428 g/mol.